The number of rotatable bonds is 8. The van der Waals surface area contributed by atoms with Crippen molar-refractivity contribution in [2.75, 3.05) is 84.2 Å². The molecule has 0 atom stereocenters. The van der Waals surface area contributed by atoms with Crippen LogP contribution in [-0.4, -0.2) is 169 Å². The van der Waals surface area contributed by atoms with Crippen LogP contribution in [-0.2, 0) is 39.7 Å². The SMILES string of the molecule is CC(=O)N1CCC(c2c[nH]c3cc(C#N)ccc23)CC1.CC(=O)N1CCC(c2c[nH]c3ccc(Cl)cc23)CC1.CS(=O)(=O)N1CCC(c2c[nH]c3c(Cl)cccc23)CC1.CS(=O)(=O)N1CCC(c2c[nH]c3cc(F)c(F)cc23)CC1.CS(=O)(=O)N1CCC(c2c[nH]c3ccc(Cl)cc23)CC1. The summed E-state index contributed by atoms with van der Waals surface area (Å²) in [4.78, 5) is 42.6. The summed E-state index contributed by atoms with van der Waals surface area (Å²) in [6, 6.07) is 28.0. The van der Waals surface area contributed by atoms with E-state index in [1.54, 1.807) is 28.7 Å². The number of hydrogen-bond acceptors (Lipinski definition) is 9. The fraction of sp³-hybridized carbons (Fsp3) is 0.411. The molecule has 0 radical (unpaired) electrons. The highest BCUT2D eigenvalue weighted by Crippen LogP contribution is 2.40. The maximum atomic E-state index is 13.4. The number of nitrogens with zero attached hydrogens (tertiary/aromatic N) is 6. The lowest BCUT2D eigenvalue weighted by Gasteiger charge is -2.31. The van der Waals surface area contributed by atoms with Crippen LogP contribution in [0.5, 0.6) is 0 Å². The molecular weight excluding hydrogens is 1400 g/mol. The van der Waals surface area contributed by atoms with E-state index < -0.39 is 41.7 Å². The molecular formula is C73H84Cl3F2N11O8S3. The Morgan fingerprint density at radius 1 is 0.420 bits per heavy atom. The number of likely N-dealkylation sites (tertiary alicyclic amines) is 2. The molecule has 5 saturated heterocycles. The van der Waals surface area contributed by atoms with Gasteiger partial charge in [0.15, 0.2) is 11.6 Å². The van der Waals surface area contributed by atoms with Crippen molar-refractivity contribution in [1.82, 2.24) is 47.6 Å². The highest BCUT2D eigenvalue weighted by molar-refractivity contribution is 7.88. The molecule has 10 heterocycles. The van der Waals surface area contributed by atoms with Crippen LogP contribution < -0.4 is 0 Å². The number of piperidine rings is 5. The number of H-pyrrole nitrogens is 5. The van der Waals surface area contributed by atoms with Gasteiger partial charge in [-0.2, -0.15) is 5.26 Å². The van der Waals surface area contributed by atoms with Crippen molar-refractivity contribution in [3.63, 3.8) is 0 Å². The number of halogens is 5. The summed E-state index contributed by atoms with van der Waals surface area (Å²) in [6.45, 7) is 9.95. The number of sulfonamides is 3. The maximum absolute atomic E-state index is 13.4. The second-order valence-electron chi connectivity index (χ2n) is 26.8. The van der Waals surface area contributed by atoms with Crippen molar-refractivity contribution in [1.29, 1.82) is 5.26 Å². The van der Waals surface area contributed by atoms with Crippen LogP contribution >= 0.6 is 34.8 Å². The average Bonchev–Trinajstić information content (AvgIpc) is 1.68. The minimum Gasteiger partial charge on any atom is -0.361 e. The zero-order chi connectivity index (χ0) is 71.4. The number of aromatic amines is 5. The summed E-state index contributed by atoms with van der Waals surface area (Å²) in [5, 5.41) is 16.5. The number of fused-ring (bicyclic) bond motifs is 5. The number of para-hydroxylation sites is 1. The van der Waals surface area contributed by atoms with Gasteiger partial charge in [0.05, 0.1) is 40.9 Å². The highest BCUT2D eigenvalue weighted by Gasteiger charge is 2.32. The Morgan fingerprint density at radius 3 is 1.15 bits per heavy atom. The normalized spacial score (nSPS) is 17.9. The number of aromatic nitrogens is 5. The summed E-state index contributed by atoms with van der Waals surface area (Å²) in [6.07, 6.45) is 22.6. The standard InChI is InChI=1S/C16H17N3O.C15H17ClN2O.2C14H17ClN2O2S.C14H16F2N2O2S/c1-11(20)19-6-4-13(5-7-19)15-10-18-16-8-12(9-17)2-3-14(15)16;1-10(19)18-6-4-11(5-7-18)14-9-17-15-3-2-12(16)8-13(14)15;1-20(18,19)17-6-4-10(5-7-17)13-9-16-14-3-2-11(15)8-12(13)14;1-20(18,19)17-7-5-10(6-8-17)12-9-16-14-11(12)3-2-4-13(14)15;1-21(19,20)18-4-2-9(3-5-18)11-8-17-14-7-13(16)12(15)6-10(11)14/h2-3,8,10,13,18H,4-7H2,1H3;2-3,8-9,11,17H,4-7H2,1H3;2-3,8-10,16H,4-7H2,1H3;2-4,9-10,16H,5-8H2,1H3;6-9,17H,2-5H2,1H3. The molecule has 0 aliphatic carbocycles. The van der Waals surface area contributed by atoms with Gasteiger partial charge >= 0.3 is 0 Å². The second-order valence-corrected chi connectivity index (χ2v) is 34.0. The van der Waals surface area contributed by atoms with Crippen molar-refractivity contribution in [2.24, 2.45) is 0 Å². The molecule has 19 nitrogen and oxygen atoms in total. The molecule has 5 fully saturated rings. The molecule has 0 saturated carbocycles. The van der Waals surface area contributed by atoms with Crippen LogP contribution in [0.15, 0.2) is 116 Å². The number of carbonyl (C=O) groups is 2. The van der Waals surface area contributed by atoms with Gasteiger partial charge in [0.1, 0.15) is 0 Å². The molecule has 532 valence electrons. The maximum Gasteiger partial charge on any atom is 0.219 e. The first-order valence-electron chi connectivity index (χ1n) is 33.7. The topological polar surface area (TPSA) is 255 Å². The molecule has 10 aromatic rings. The molecule has 15 rings (SSSR count). The van der Waals surface area contributed by atoms with Crippen LogP contribution in [0.3, 0.4) is 0 Å². The molecule has 5 aromatic carbocycles. The molecule has 2 amide bonds. The summed E-state index contributed by atoms with van der Waals surface area (Å²) >= 11 is 18.3. The monoisotopic (exact) mass is 1480 g/mol. The Kier molecular flexibility index (Phi) is 23.3. The Bertz CT molecular complexity index is 4940. The Labute approximate surface area is 597 Å². The summed E-state index contributed by atoms with van der Waals surface area (Å²) in [7, 11) is -9.28. The van der Waals surface area contributed by atoms with E-state index in [1.165, 1.54) is 62.2 Å². The molecule has 27 heteroatoms. The molecule has 100 heavy (non-hydrogen) atoms. The Balaban J connectivity index is 0.000000126. The Morgan fingerprint density at radius 2 is 0.760 bits per heavy atom. The zero-order valence-corrected chi connectivity index (χ0v) is 61.3. The van der Waals surface area contributed by atoms with Crippen molar-refractivity contribution in [2.45, 2.75) is 108 Å². The van der Waals surface area contributed by atoms with Crippen molar-refractivity contribution in [3.05, 3.63) is 176 Å². The predicted octanol–water partition coefficient (Wildman–Crippen LogP) is 14.8. The number of carbonyl (C=O) groups excluding carboxylic acids is 2. The van der Waals surface area contributed by atoms with Crippen molar-refractivity contribution >= 4 is 131 Å². The second kappa shape index (κ2) is 31.5. The number of nitrogens with one attached hydrogen (secondary N) is 5. The molecule has 0 spiro atoms. The van der Waals surface area contributed by atoms with Gasteiger partial charge in [0, 0.05) is 175 Å². The summed E-state index contributed by atoms with van der Waals surface area (Å²) < 4.78 is 100. The van der Waals surface area contributed by atoms with E-state index in [1.807, 2.05) is 88.9 Å². The van der Waals surface area contributed by atoms with Crippen LogP contribution in [0.4, 0.5) is 8.78 Å². The van der Waals surface area contributed by atoms with Crippen molar-refractivity contribution < 1.29 is 43.6 Å². The lowest BCUT2D eigenvalue weighted by Crippen LogP contribution is -2.37. The molecule has 5 N–H and O–H groups in total. The third-order valence-corrected chi connectivity index (χ3v) is 25.2. The van der Waals surface area contributed by atoms with Crippen LogP contribution in [0.25, 0.3) is 54.5 Å². The lowest BCUT2D eigenvalue weighted by atomic mass is 9.89. The molecule has 5 aromatic heterocycles. The fourth-order valence-electron chi connectivity index (χ4n) is 14.9. The number of benzene rings is 5. The lowest BCUT2D eigenvalue weighted by molar-refractivity contribution is -0.130. The smallest absolute Gasteiger partial charge is 0.219 e. The van der Waals surface area contributed by atoms with Gasteiger partial charge in [-0.05, 0) is 182 Å². The quantitative estimate of drug-likeness (QED) is 0.0968. The fourth-order valence-corrected chi connectivity index (χ4v) is 18.1. The minimum atomic E-state index is -3.16. The van der Waals surface area contributed by atoms with Crippen molar-refractivity contribution in [3.8, 4) is 6.07 Å². The van der Waals surface area contributed by atoms with E-state index >= 15 is 0 Å². The van der Waals surface area contributed by atoms with Gasteiger partial charge in [-0.25, -0.2) is 46.9 Å². The summed E-state index contributed by atoms with van der Waals surface area (Å²) in [5.74, 6) is 0.554. The third-order valence-electron chi connectivity index (χ3n) is 20.5. The average molecular weight is 1480 g/mol. The van der Waals surface area contributed by atoms with E-state index in [-0.39, 0.29) is 17.7 Å². The molecule has 5 aliphatic heterocycles. The van der Waals surface area contributed by atoms with E-state index in [0.29, 0.717) is 92.2 Å². The van der Waals surface area contributed by atoms with Crippen LogP contribution in [0.2, 0.25) is 15.1 Å². The first-order chi connectivity index (χ1) is 47.6. The number of nitriles is 1. The van der Waals surface area contributed by atoms with E-state index in [4.69, 9.17) is 40.1 Å². The molecule has 0 unspecified atom stereocenters. The first kappa shape index (κ1) is 73.9. The third kappa shape index (κ3) is 17.4. The van der Waals surface area contributed by atoms with Gasteiger partial charge in [0.2, 0.25) is 41.9 Å². The van der Waals surface area contributed by atoms with Gasteiger partial charge < -0.3 is 34.7 Å². The minimum absolute atomic E-state index is 0.154. The molecule has 5 aliphatic rings. The largest absolute Gasteiger partial charge is 0.361 e. The van der Waals surface area contributed by atoms with Gasteiger partial charge in [-0.15, -0.1) is 0 Å². The van der Waals surface area contributed by atoms with Gasteiger partial charge in [0.25, 0.3) is 0 Å². The van der Waals surface area contributed by atoms with Crippen LogP contribution in [0, 0.1) is 23.0 Å². The number of hydrogen-bond donors (Lipinski definition) is 5. The zero-order valence-electron chi connectivity index (χ0n) is 56.6. The van der Waals surface area contributed by atoms with Gasteiger partial charge in [-0.1, -0.05) is 53.0 Å². The van der Waals surface area contributed by atoms with Gasteiger partial charge in [-0.3, -0.25) is 9.59 Å². The van der Waals surface area contributed by atoms with E-state index in [2.05, 4.69) is 49.4 Å². The highest BCUT2D eigenvalue weighted by atomic mass is 35.5. The van der Waals surface area contributed by atoms with Crippen LogP contribution in [0.1, 0.15) is 141 Å². The molecule has 0 bridgehead atoms. The predicted molar refractivity (Wildman–Crippen MR) is 395 cm³/mol. The summed E-state index contributed by atoms with van der Waals surface area (Å²) in [5.41, 5.74) is 11.5. The first-order valence-corrected chi connectivity index (χ1v) is 40.4. The number of amides is 2. The Hall–Kier alpha value is -7.31. The van der Waals surface area contributed by atoms with E-state index in [0.717, 1.165) is 137 Å². The van der Waals surface area contributed by atoms with E-state index in [9.17, 15) is 43.6 Å².